The Balaban J connectivity index is 1.66. The number of anilines is 1. The largest absolute Gasteiger partial charge is 0.343 e. The molecule has 3 rings (SSSR count). The maximum absolute atomic E-state index is 12.5. The van der Waals surface area contributed by atoms with Crippen LogP contribution in [0.15, 0.2) is 10.9 Å². The Morgan fingerprint density at radius 3 is 2.92 bits per heavy atom. The predicted octanol–water partition coefficient (Wildman–Crippen LogP) is 1.06. The van der Waals surface area contributed by atoms with Gasteiger partial charge in [-0.25, -0.2) is 0 Å². The van der Waals surface area contributed by atoms with Crippen molar-refractivity contribution >= 4 is 28.3 Å². The smallest absolute Gasteiger partial charge is 0.229 e. The van der Waals surface area contributed by atoms with Gasteiger partial charge in [-0.2, -0.15) is 4.98 Å². The molecule has 0 saturated carbocycles. The van der Waals surface area contributed by atoms with E-state index in [1.54, 1.807) is 11.9 Å². The van der Waals surface area contributed by atoms with Crippen molar-refractivity contribution in [3.05, 3.63) is 17.2 Å². The highest BCUT2D eigenvalue weighted by atomic mass is 32.1. The van der Waals surface area contributed by atoms with Crippen molar-refractivity contribution in [3.8, 4) is 0 Å². The molecule has 10 heteroatoms. The summed E-state index contributed by atoms with van der Waals surface area (Å²) in [6.45, 7) is 4.61. The first-order chi connectivity index (χ1) is 11.5. The highest BCUT2D eigenvalue weighted by Crippen LogP contribution is 2.31. The van der Waals surface area contributed by atoms with Crippen LogP contribution in [0, 0.1) is 5.92 Å². The summed E-state index contributed by atoms with van der Waals surface area (Å²) in [4.78, 5) is 31.8. The summed E-state index contributed by atoms with van der Waals surface area (Å²) in [7, 11) is 1.66. The van der Waals surface area contributed by atoms with Crippen molar-refractivity contribution in [2.75, 3.05) is 18.5 Å². The summed E-state index contributed by atoms with van der Waals surface area (Å²) < 4.78 is 4.66. The van der Waals surface area contributed by atoms with Crippen LogP contribution in [0.25, 0.3) is 0 Å². The zero-order chi connectivity index (χ0) is 17.3. The van der Waals surface area contributed by atoms with Crippen LogP contribution in [0.5, 0.6) is 0 Å². The Hall–Kier alpha value is -2.36. The molecule has 24 heavy (non-hydrogen) atoms. The van der Waals surface area contributed by atoms with E-state index in [1.165, 1.54) is 22.6 Å². The zero-order valence-corrected chi connectivity index (χ0v) is 14.5. The summed E-state index contributed by atoms with van der Waals surface area (Å²) >= 11 is 1.39. The number of amides is 2. The molecular weight excluding hydrogens is 332 g/mol. The Bertz CT molecular complexity index is 729. The summed E-state index contributed by atoms with van der Waals surface area (Å²) in [5, 5.41) is 13.3. The highest BCUT2D eigenvalue weighted by molar-refractivity contribution is 7.15. The molecule has 1 fully saturated rings. The third-order valence-electron chi connectivity index (χ3n) is 3.79. The molecule has 0 aliphatic carbocycles. The quantitative estimate of drug-likeness (QED) is 0.793. The van der Waals surface area contributed by atoms with Crippen LogP contribution in [0.2, 0.25) is 0 Å². The van der Waals surface area contributed by atoms with E-state index in [9.17, 15) is 9.59 Å². The third-order valence-corrected chi connectivity index (χ3v) is 5.04. The van der Waals surface area contributed by atoms with Crippen molar-refractivity contribution in [2.24, 2.45) is 5.92 Å². The molecule has 1 aliphatic heterocycles. The van der Waals surface area contributed by atoms with E-state index >= 15 is 0 Å². The number of aromatic nitrogens is 4. The fourth-order valence-electron chi connectivity index (χ4n) is 2.49. The van der Waals surface area contributed by atoms with Gasteiger partial charge in [0, 0.05) is 25.9 Å². The minimum absolute atomic E-state index is 0.104. The van der Waals surface area contributed by atoms with E-state index in [-0.39, 0.29) is 30.7 Å². The molecule has 0 spiro atoms. The molecule has 1 saturated heterocycles. The van der Waals surface area contributed by atoms with Gasteiger partial charge >= 0.3 is 0 Å². The van der Waals surface area contributed by atoms with Gasteiger partial charge in [-0.15, -0.1) is 10.2 Å². The Labute approximate surface area is 142 Å². The standard InChI is InChI=1S/C14H18N6O3S/c1-8(2)12-16-17-14(24-12)20-5-9(4-11(20)21)13(22)19(3)6-10-15-7-23-18-10/h7-9H,4-6H2,1-3H3. The van der Waals surface area contributed by atoms with Gasteiger partial charge in [-0.05, 0) is 0 Å². The number of carbonyl (C=O) groups is 2. The second-order valence-electron chi connectivity index (χ2n) is 6.02. The second kappa shape index (κ2) is 6.63. The van der Waals surface area contributed by atoms with Gasteiger partial charge in [0.2, 0.25) is 23.3 Å². The molecule has 3 heterocycles. The molecule has 9 nitrogen and oxygen atoms in total. The topological polar surface area (TPSA) is 105 Å². The number of hydrogen-bond donors (Lipinski definition) is 0. The lowest BCUT2D eigenvalue weighted by molar-refractivity contribution is -0.135. The molecular formula is C14H18N6O3S. The van der Waals surface area contributed by atoms with Crippen LogP contribution in [-0.4, -0.2) is 50.6 Å². The van der Waals surface area contributed by atoms with Gasteiger partial charge in [0.05, 0.1) is 12.5 Å². The first-order valence-corrected chi connectivity index (χ1v) is 8.41. The lowest BCUT2D eigenvalue weighted by atomic mass is 10.1. The van der Waals surface area contributed by atoms with E-state index in [1.807, 2.05) is 13.8 Å². The lowest BCUT2D eigenvalue weighted by Crippen LogP contribution is -2.34. The van der Waals surface area contributed by atoms with Crippen LogP contribution >= 0.6 is 11.3 Å². The number of rotatable bonds is 5. The second-order valence-corrected chi connectivity index (χ2v) is 7.01. The van der Waals surface area contributed by atoms with E-state index in [0.29, 0.717) is 17.5 Å². The van der Waals surface area contributed by atoms with Crippen molar-refractivity contribution in [1.29, 1.82) is 0 Å². The predicted molar refractivity (Wildman–Crippen MR) is 85.2 cm³/mol. The minimum atomic E-state index is -0.402. The molecule has 2 aromatic heterocycles. The van der Waals surface area contributed by atoms with E-state index in [4.69, 9.17) is 0 Å². The molecule has 1 atom stereocenters. The average molecular weight is 350 g/mol. The Morgan fingerprint density at radius 2 is 2.29 bits per heavy atom. The fourth-order valence-corrected chi connectivity index (χ4v) is 3.36. The molecule has 0 radical (unpaired) electrons. The summed E-state index contributed by atoms with van der Waals surface area (Å²) in [5.74, 6) is 0.0584. The molecule has 1 aliphatic rings. The lowest BCUT2D eigenvalue weighted by Gasteiger charge is -2.19. The average Bonchev–Trinajstić information content (AvgIpc) is 3.25. The van der Waals surface area contributed by atoms with Crippen LogP contribution in [0.3, 0.4) is 0 Å². The molecule has 0 bridgehead atoms. The van der Waals surface area contributed by atoms with Gasteiger partial charge < -0.3 is 9.42 Å². The number of carbonyl (C=O) groups excluding carboxylic acids is 2. The molecule has 2 aromatic rings. The first-order valence-electron chi connectivity index (χ1n) is 7.59. The summed E-state index contributed by atoms with van der Waals surface area (Å²) in [6.07, 6.45) is 1.39. The van der Waals surface area contributed by atoms with Gasteiger partial charge in [-0.3, -0.25) is 14.5 Å². The van der Waals surface area contributed by atoms with Crippen molar-refractivity contribution in [1.82, 2.24) is 25.2 Å². The van der Waals surface area contributed by atoms with E-state index in [2.05, 4.69) is 24.9 Å². The highest BCUT2D eigenvalue weighted by Gasteiger charge is 2.38. The van der Waals surface area contributed by atoms with Gasteiger partial charge in [0.25, 0.3) is 0 Å². The molecule has 1 unspecified atom stereocenters. The Kier molecular flexibility index (Phi) is 4.56. The normalized spacial score (nSPS) is 17.8. The summed E-state index contributed by atoms with van der Waals surface area (Å²) in [5.41, 5.74) is 0. The van der Waals surface area contributed by atoms with Crippen molar-refractivity contribution < 1.29 is 14.1 Å². The van der Waals surface area contributed by atoms with Gasteiger partial charge in [0.1, 0.15) is 5.01 Å². The van der Waals surface area contributed by atoms with Crippen LogP contribution in [0.4, 0.5) is 5.13 Å². The summed E-state index contributed by atoms with van der Waals surface area (Å²) in [6, 6.07) is 0. The first kappa shape index (κ1) is 16.5. The van der Waals surface area contributed by atoms with Crippen LogP contribution in [0.1, 0.15) is 37.0 Å². The SMILES string of the molecule is CC(C)c1nnc(N2CC(C(=O)N(C)Cc3ncon3)CC2=O)s1. The van der Waals surface area contributed by atoms with Crippen LogP contribution in [-0.2, 0) is 16.1 Å². The number of hydrogen-bond acceptors (Lipinski definition) is 8. The van der Waals surface area contributed by atoms with Crippen LogP contribution < -0.4 is 4.90 Å². The molecule has 128 valence electrons. The van der Waals surface area contributed by atoms with Gasteiger partial charge in [0.15, 0.2) is 5.82 Å². The maximum atomic E-state index is 12.5. The van der Waals surface area contributed by atoms with Crippen molar-refractivity contribution in [2.45, 2.75) is 32.7 Å². The third kappa shape index (κ3) is 3.28. The monoisotopic (exact) mass is 350 g/mol. The number of nitrogens with zero attached hydrogens (tertiary/aromatic N) is 6. The minimum Gasteiger partial charge on any atom is -0.343 e. The molecule has 2 amide bonds. The van der Waals surface area contributed by atoms with Gasteiger partial charge in [-0.1, -0.05) is 30.3 Å². The molecule has 0 aromatic carbocycles. The Morgan fingerprint density at radius 1 is 1.50 bits per heavy atom. The van der Waals surface area contributed by atoms with Crippen molar-refractivity contribution in [3.63, 3.8) is 0 Å². The zero-order valence-electron chi connectivity index (χ0n) is 13.7. The fraction of sp³-hybridized carbons (Fsp3) is 0.571. The maximum Gasteiger partial charge on any atom is 0.229 e. The molecule has 0 N–H and O–H groups in total. The van der Waals surface area contributed by atoms with E-state index < -0.39 is 5.92 Å². The van der Waals surface area contributed by atoms with E-state index in [0.717, 1.165) is 5.01 Å².